The van der Waals surface area contributed by atoms with Crippen molar-refractivity contribution in [3.8, 4) is 17.3 Å². The van der Waals surface area contributed by atoms with Crippen LogP contribution in [0.2, 0.25) is 5.02 Å². The van der Waals surface area contributed by atoms with Crippen LogP contribution in [0.5, 0.6) is 0 Å². The van der Waals surface area contributed by atoms with E-state index in [0.29, 0.717) is 23.8 Å². The number of hydrogen-bond acceptors (Lipinski definition) is 7. The Morgan fingerprint density at radius 3 is 2.79 bits per heavy atom. The molecule has 0 aliphatic carbocycles. The number of pyridine rings is 2. The van der Waals surface area contributed by atoms with Crippen molar-refractivity contribution in [1.82, 2.24) is 19.9 Å². The molecular formula is C21H16ClN7. The minimum Gasteiger partial charge on any atom is -0.382 e. The van der Waals surface area contributed by atoms with Crippen LogP contribution in [0.25, 0.3) is 22.2 Å². The summed E-state index contributed by atoms with van der Waals surface area (Å²) in [5.74, 6) is 0.556. The summed E-state index contributed by atoms with van der Waals surface area (Å²) in [5, 5.41) is 13.9. The van der Waals surface area contributed by atoms with Crippen LogP contribution >= 0.6 is 11.6 Å². The van der Waals surface area contributed by atoms with Crippen LogP contribution in [-0.4, -0.2) is 26.5 Å². The van der Waals surface area contributed by atoms with Gasteiger partial charge in [0.1, 0.15) is 29.6 Å². The highest BCUT2D eigenvalue weighted by Crippen LogP contribution is 2.29. The van der Waals surface area contributed by atoms with E-state index in [0.717, 1.165) is 27.9 Å². The first-order valence-corrected chi connectivity index (χ1v) is 9.29. The van der Waals surface area contributed by atoms with E-state index in [1.165, 1.54) is 6.33 Å². The number of nitrogens with zero attached hydrogens (tertiary/aromatic N) is 5. The number of nitrogens with one attached hydrogen (secondary N) is 1. The molecule has 0 saturated heterocycles. The molecule has 0 aliphatic rings. The zero-order chi connectivity index (χ0) is 20.2. The molecule has 0 amide bonds. The van der Waals surface area contributed by atoms with Crippen molar-refractivity contribution in [2.45, 2.75) is 6.42 Å². The first-order chi connectivity index (χ1) is 14.2. The molecule has 0 spiro atoms. The molecule has 8 heteroatoms. The van der Waals surface area contributed by atoms with Crippen LogP contribution in [-0.2, 0) is 6.42 Å². The second-order valence-corrected chi connectivity index (χ2v) is 6.68. The van der Waals surface area contributed by atoms with Gasteiger partial charge in [-0.15, -0.1) is 0 Å². The zero-order valence-electron chi connectivity index (χ0n) is 15.3. The Morgan fingerprint density at radius 1 is 1.10 bits per heavy atom. The highest BCUT2D eigenvalue weighted by atomic mass is 35.5. The summed E-state index contributed by atoms with van der Waals surface area (Å²) in [6.45, 7) is 0.504. The number of rotatable bonds is 5. The molecule has 0 saturated carbocycles. The van der Waals surface area contributed by atoms with E-state index in [2.05, 4.69) is 20.3 Å². The second kappa shape index (κ2) is 8.09. The van der Waals surface area contributed by atoms with Gasteiger partial charge in [0.05, 0.1) is 16.9 Å². The first-order valence-electron chi connectivity index (χ1n) is 8.91. The summed E-state index contributed by atoms with van der Waals surface area (Å²) in [7, 11) is 0. The van der Waals surface area contributed by atoms with Crippen LogP contribution in [0.15, 0.2) is 55.0 Å². The number of nitriles is 1. The molecule has 0 radical (unpaired) electrons. The molecule has 0 fully saturated rings. The van der Waals surface area contributed by atoms with Crippen molar-refractivity contribution in [2.24, 2.45) is 0 Å². The predicted octanol–water partition coefficient (Wildman–Crippen LogP) is 3.85. The van der Waals surface area contributed by atoms with Gasteiger partial charge in [-0.05, 0) is 30.3 Å². The van der Waals surface area contributed by atoms with Gasteiger partial charge >= 0.3 is 0 Å². The van der Waals surface area contributed by atoms with E-state index in [-0.39, 0.29) is 11.4 Å². The Kier molecular flexibility index (Phi) is 5.18. The van der Waals surface area contributed by atoms with Gasteiger partial charge in [-0.25, -0.2) is 9.97 Å². The molecule has 0 unspecified atom stereocenters. The number of fused-ring (bicyclic) bond motifs is 1. The Labute approximate surface area is 172 Å². The van der Waals surface area contributed by atoms with E-state index in [1.54, 1.807) is 6.20 Å². The van der Waals surface area contributed by atoms with Crippen LogP contribution in [0.3, 0.4) is 0 Å². The summed E-state index contributed by atoms with van der Waals surface area (Å²) in [4.78, 5) is 17.2. The third-order valence-electron chi connectivity index (χ3n) is 4.47. The maximum absolute atomic E-state index is 9.27. The molecular weight excluding hydrogens is 386 g/mol. The van der Waals surface area contributed by atoms with Crippen LogP contribution in [0, 0.1) is 11.3 Å². The highest BCUT2D eigenvalue weighted by molar-refractivity contribution is 6.35. The number of halogens is 1. The lowest BCUT2D eigenvalue weighted by Gasteiger charge is -2.12. The summed E-state index contributed by atoms with van der Waals surface area (Å²) in [6, 6.07) is 15.4. The molecule has 0 aliphatic heterocycles. The van der Waals surface area contributed by atoms with Crippen LogP contribution in [0.4, 0.5) is 11.6 Å². The quantitative estimate of drug-likeness (QED) is 0.522. The summed E-state index contributed by atoms with van der Waals surface area (Å²) in [6.07, 6.45) is 3.66. The molecule has 4 rings (SSSR count). The Morgan fingerprint density at radius 2 is 2.00 bits per heavy atom. The topological polar surface area (TPSA) is 113 Å². The number of anilines is 2. The van der Waals surface area contributed by atoms with Gasteiger partial charge < -0.3 is 11.1 Å². The van der Waals surface area contributed by atoms with E-state index >= 15 is 0 Å². The lowest BCUT2D eigenvalue weighted by molar-refractivity contribution is 0.960. The number of hydrogen-bond donors (Lipinski definition) is 2. The SMILES string of the molecule is N#Cc1c(N)ncnc1NCCc1nc2cccc(Cl)c2cc1-c1ccccn1. The Balaban J connectivity index is 1.68. The smallest absolute Gasteiger partial charge is 0.149 e. The van der Waals surface area contributed by atoms with Gasteiger partial charge in [-0.2, -0.15) is 5.26 Å². The fraction of sp³-hybridized carbons (Fsp3) is 0.0952. The maximum Gasteiger partial charge on any atom is 0.149 e. The fourth-order valence-corrected chi connectivity index (χ4v) is 3.30. The van der Waals surface area contributed by atoms with E-state index in [9.17, 15) is 5.26 Å². The highest BCUT2D eigenvalue weighted by Gasteiger charge is 2.13. The summed E-state index contributed by atoms with van der Waals surface area (Å²) >= 11 is 6.37. The second-order valence-electron chi connectivity index (χ2n) is 6.28. The maximum atomic E-state index is 9.27. The fourth-order valence-electron chi connectivity index (χ4n) is 3.08. The van der Waals surface area contributed by atoms with E-state index in [1.807, 2.05) is 48.5 Å². The van der Waals surface area contributed by atoms with Gasteiger partial charge in [0.2, 0.25) is 0 Å². The van der Waals surface area contributed by atoms with Crippen LogP contribution < -0.4 is 11.1 Å². The number of nitrogens with two attached hydrogens (primary N) is 1. The lowest BCUT2D eigenvalue weighted by Crippen LogP contribution is -2.11. The van der Waals surface area contributed by atoms with Gasteiger partial charge in [-0.3, -0.25) is 9.97 Å². The van der Waals surface area contributed by atoms with Gasteiger partial charge in [0, 0.05) is 35.1 Å². The Hall–Kier alpha value is -3.76. The molecule has 1 aromatic carbocycles. The third-order valence-corrected chi connectivity index (χ3v) is 4.80. The average molecular weight is 402 g/mol. The van der Waals surface area contributed by atoms with Crippen molar-refractivity contribution in [1.29, 1.82) is 5.26 Å². The molecule has 0 atom stereocenters. The molecule has 29 heavy (non-hydrogen) atoms. The minimum atomic E-state index is 0.151. The van der Waals surface area contributed by atoms with E-state index < -0.39 is 0 Å². The van der Waals surface area contributed by atoms with Crippen molar-refractivity contribution >= 4 is 34.1 Å². The van der Waals surface area contributed by atoms with Crippen molar-refractivity contribution in [3.05, 3.63) is 71.3 Å². The lowest BCUT2D eigenvalue weighted by atomic mass is 10.0. The molecule has 4 aromatic rings. The van der Waals surface area contributed by atoms with E-state index in [4.69, 9.17) is 22.3 Å². The molecule has 7 nitrogen and oxygen atoms in total. The van der Waals surface area contributed by atoms with Crippen LogP contribution in [0.1, 0.15) is 11.3 Å². The monoisotopic (exact) mass is 401 g/mol. The molecule has 3 N–H and O–H groups in total. The molecule has 3 heterocycles. The average Bonchev–Trinajstić information content (AvgIpc) is 2.74. The first kappa shape index (κ1) is 18.6. The molecule has 3 aromatic heterocycles. The normalized spacial score (nSPS) is 10.6. The Bertz CT molecular complexity index is 1220. The third kappa shape index (κ3) is 3.79. The number of nitrogen functional groups attached to an aromatic ring is 1. The zero-order valence-corrected chi connectivity index (χ0v) is 16.1. The van der Waals surface area contributed by atoms with Crippen molar-refractivity contribution < 1.29 is 0 Å². The van der Waals surface area contributed by atoms with Crippen molar-refractivity contribution in [3.63, 3.8) is 0 Å². The number of benzene rings is 1. The molecule has 0 bridgehead atoms. The standard InChI is InChI=1S/C21H16ClN7/c22-16-4-3-6-18-13(16)10-14(17-5-1-2-8-25-17)19(29-18)7-9-26-21-15(11-23)20(24)27-12-28-21/h1-6,8,10,12H,7,9H2,(H3,24,26,27,28). The van der Waals surface area contributed by atoms with Gasteiger partial charge in [0.25, 0.3) is 0 Å². The molecule has 142 valence electrons. The summed E-state index contributed by atoms with van der Waals surface area (Å²) in [5.41, 5.74) is 9.39. The van der Waals surface area contributed by atoms with Gasteiger partial charge in [-0.1, -0.05) is 23.7 Å². The van der Waals surface area contributed by atoms with Crippen molar-refractivity contribution in [2.75, 3.05) is 17.6 Å². The summed E-state index contributed by atoms with van der Waals surface area (Å²) < 4.78 is 0. The number of aromatic nitrogens is 4. The van der Waals surface area contributed by atoms with Gasteiger partial charge in [0.15, 0.2) is 0 Å². The largest absolute Gasteiger partial charge is 0.382 e. The minimum absolute atomic E-state index is 0.151. The predicted molar refractivity (Wildman–Crippen MR) is 113 cm³/mol.